The third-order valence-electron chi connectivity index (χ3n) is 2.63. The van der Waals surface area contributed by atoms with Crippen LogP contribution in [0, 0.1) is 0 Å². The van der Waals surface area contributed by atoms with E-state index in [1.165, 1.54) is 24.3 Å². The summed E-state index contributed by atoms with van der Waals surface area (Å²) in [6, 6.07) is 5.48. The molecule has 0 spiro atoms. The first-order valence-corrected chi connectivity index (χ1v) is 5.30. The number of alkyl halides is 3. The van der Waals surface area contributed by atoms with E-state index in [9.17, 15) is 18.0 Å². The summed E-state index contributed by atoms with van der Waals surface area (Å²) in [6.45, 7) is 1.70. The van der Waals surface area contributed by atoms with E-state index in [4.69, 9.17) is 4.74 Å². The van der Waals surface area contributed by atoms with E-state index in [1.807, 2.05) is 0 Å². The molecule has 0 bridgehead atoms. The third kappa shape index (κ3) is 1.95. The molecule has 98 valence electrons. The van der Waals surface area contributed by atoms with Gasteiger partial charge in [-0.1, -0.05) is 18.2 Å². The van der Waals surface area contributed by atoms with Gasteiger partial charge in [0, 0.05) is 5.56 Å². The number of ether oxygens (including phenoxy) is 1. The number of benzene rings is 1. The van der Waals surface area contributed by atoms with Crippen LogP contribution in [-0.4, -0.2) is 18.8 Å². The van der Waals surface area contributed by atoms with E-state index in [-0.39, 0.29) is 17.7 Å². The Morgan fingerprint density at radius 3 is 2.44 bits per heavy atom. The summed E-state index contributed by atoms with van der Waals surface area (Å²) >= 11 is 0. The van der Waals surface area contributed by atoms with Crippen LogP contribution in [0.2, 0.25) is 0 Å². The number of carbonyl (C=O) groups excluding carboxylic acids is 1. The maximum Gasteiger partial charge on any atom is 0.426 e. The lowest BCUT2D eigenvalue weighted by molar-refractivity contribution is -0.165. The van der Waals surface area contributed by atoms with Crippen molar-refractivity contribution in [3.8, 4) is 0 Å². The maximum atomic E-state index is 12.9. The fourth-order valence-corrected chi connectivity index (χ4v) is 1.69. The molecule has 0 unspecified atom stereocenters. The minimum absolute atomic E-state index is 0.103. The molecular weight excluding hydrogens is 249 g/mol. The number of hydrogen-bond acceptors (Lipinski definition) is 4. The van der Waals surface area contributed by atoms with Crippen molar-refractivity contribution >= 4 is 5.97 Å². The van der Waals surface area contributed by atoms with Gasteiger partial charge < -0.3 is 4.74 Å². The van der Waals surface area contributed by atoms with Crippen LogP contribution < -0.4 is 10.9 Å². The van der Waals surface area contributed by atoms with Gasteiger partial charge in [0.25, 0.3) is 0 Å². The highest BCUT2D eigenvalue weighted by Gasteiger charge is 2.66. The summed E-state index contributed by atoms with van der Waals surface area (Å²) in [5.41, 5.74) is 1.48. The zero-order valence-corrected chi connectivity index (χ0v) is 9.47. The molecule has 1 aromatic rings. The maximum absolute atomic E-state index is 12.9. The molecule has 18 heavy (non-hydrogen) atoms. The van der Waals surface area contributed by atoms with Crippen LogP contribution in [0.4, 0.5) is 13.2 Å². The number of hydrogen-bond donors (Lipinski definition) is 2. The van der Waals surface area contributed by atoms with Gasteiger partial charge in [0.15, 0.2) is 0 Å². The van der Waals surface area contributed by atoms with Crippen LogP contribution in [0.15, 0.2) is 24.3 Å². The first-order valence-electron chi connectivity index (χ1n) is 5.30. The van der Waals surface area contributed by atoms with Gasteiger partial charge in [-0.3, -0.25) is 0 Å². The van der Waals surface area contributed by atoms with Gasteiger partial charge >= 0.3 is 12.1 Å². The molecule has 0 atom stereocenters. The summed E-state index contributed by atoms with van der Waals surface area (Å²) in [5, 5.41) is 0. The highest BCUT2D eigenvalue weighted by Crippen LogP contribution is 2.43. The molecule has 0 radical (unpaired) electrons. The number of rotatable bonds is 3. The van der Waals surface area contributed by atoms with E-state index in [0.29, 0.717) is 0 Å². The lowest BCUT2D eigenvalue weighted by Gasteiger charge is -2.18. The Labute approximate surface area is 101 Å². The Balaban J connectivity index is 2.43. The van der Waals surface area contributed by atoms with Gasteiger partial charge in [0.05, 0.1) is 12.2 Å². The molecule has 7 heteroatoms. The highest BCUT2D eigenvalue weighted by atomic mass is 19.4. The lowest BCUT2D eigenvalue weighted by Crippen LogP contribution is -2.36. The van der Waals surface area contributed by atoms with E-state index < -0.39 is 17.8 Å². The van der Waals surface area contributed by atoms with Crippen molar-refractivity contribution in [2.24, 2.45) is 0 Å². The normalized spacial score (nSPS) is 17.3. The van der Waals surface area contributed by atoms with Crippen LogP contribution in [0.5, 0.6) is 0 Å². The van der Waals surface area contributed by atoms with Crippen LogP contribution in [0.25, 0.3) is 0 Å². The van der Waals surface area contributed by atoms with Crippen LogP contribution >= 0.6 is 0 Å². The number of nitrogens with one attached hydrogen (secondary N) is 2. The fourth-order valence-electron chi connectivity index (χ4n) is 1.69. The van der Waals surface area contributed by atoms with Crippen LogP contribution in [-0.2, 0) is 10.4 Å². The van der Waals surface area contributed by atoms with Gasteiger partial charge in [-0.05, 0) is 13.0 Å². The Morgan fingerprint density at radius 2 is 1.94 bits per heavy atom. The zero-order chi connectivity index (χ0) is 13.4. The number of hydrazine groups is 1. The van der Waals surface area contributed by atoms with E-state index in [2.05, 4.69) is 10.9 Å². The summed E-state index contributed by atoms with van der Waals surface area (Å²) in [6.07, 6.45) is -4.55. The molecule has 1 aliphatic heterocycles. The average molecular weight is 260 g/mol. The first kappa shape index (κ1) is 12.8. The summed E-state index contributed by atoms with van der Waals surface area (Å²) in [4.78, 5) is 11.6. The fraction of sp³-hybridized carbons (Fsp3) is 0.364. The van der Waals surface area contributed by atoms with E-state index in [0.717, 1.165) is 0 Å². The highest BCUT2D eigenvalue weighted by molar-refractivity contribution is 5.91. The zero-order valence-electron chi connectivity index (χ0n) is 9.47. The number of halogens is 3. The topological polar surface area (TPSA) is 70.2 Å². The van der Waals surface area contributed by atoms with Crippen molar-refractivity contribution in [3.63, 3.8) is 0 Å². The second-order valence-corrected chi connectivity index (χ2v) is 3.76. The minimum atomic E-state index is -4.55. The lowest BCUT2D eigenvalue weighted by atomic mass is 9.97. The van der Waals surface area contributed by atoms with Crippen molar-refractivity contribution in [1.29, 1.82) is 0 Å². The van der Waals surface area contributed by atoms with Crippen LogP contribution in [0.3, 0.4) is 0 Å². The molecule has 0 aromatic heterocycles. The largest absolute Gasteiger partial charge is 0.462 e. The van der Waals surface area contributed by atoms with Gasteiger partial charge in [0.2, 0.25) is 5.66 Å². The predicted octanol–water partition coefficient (Wildman–Crippen LogP) is 1.69. The predicted molar refractivity (Wildman–Crippen MR) is 56.4 cm³/mol. The van der Waals surface area contributed by atoms with Crippen molar-refractivity contribution in [1.82, 2.24) is 10.9 Å². The number of esters is 1. The summed E-state index contributed by atoms with van der Waals surface area (Å²) in [7, 11) is 0. The molecule has 2 rings (SSSR count). The number of carbonyl (C=O) groups is 1. The molecule has 0 aliphatic carbocycles. The average Bonchev–Trinajstić information content (AvgIpc) is 3.09. The van der Waals surface area contributed by atoms with Crippen molar-refractivity contribution < 1.29 is 22.7 Å². The van der Waals surface area contributed by atoms with Gasteiger partial charge in [-0.2, -0.15) is 13.2 Å². The molecule has 1 fully saturated rings. The van der Waals surface area contributed by atoms with E-state index >= 15 is 0 Å². The standard InChI is InChI=1S/C11H11F3N2O2/c1-2-18-9(17)7-5-3-4-6-8(7)10(15-16-10)11(12,13)14/h3-6,15-16H,2H2,1H3. The Morgan fingerprint density at radius 1 is 1.33 bits per heavy atom. The Bertz CT molecular complexity index is 470. The molecule has 1 heterocycles. The molecule has 4 nitrogen and oxygen atoms in total. The Hall–Kier alpha value is -1.60. The smallest absolute Gasteiger partial charge is 0.426 e. The monoisotopic (exact) mass is 260 g/mol. The Kier molecular flexibility index (Phi) is 3.04. The molecule has 2 N–H and O–H groups in total. The molecule has 0 amide bonds. The molecule has 1 aromatic carbocycles. The molecular formula is C11H11F3N2O2. The third-order valence-corrected chi connectivity index (χ3v) is 2.63. The summed E-state index contributed by atoms with van der Waals surface area (Å²) < 4.78 is 43.5. The second kappa shape index (κ2) is 4.25. The van der Waals surface area contributed by atoms with Gasteiger partial charge in [-0.15, -0.1) is 0 Å². The van der Waals surface area contributed by atoms with Gasteiger partial charge in [-0.25, -0.2) is 15.6 Å². The second-order valence-electron chi connectivity index (χ2n) is 3.76. The van der Waals surface area contributed by atoms with Crippen molar-refractivity contribution in [2.45, 2.75) is 18.8 Å². The van der Waals surface area contributed by atoms with Crippen molar-refractivity contribution in [3.05, 3.63) is 35.4 Å². The summed E-state index contributed by atoms with van der Waals surface area (Å²) in [5.74, 6) is -0.771. The first-order chi connectivity index (χ1) is 8.42. The minimum Gasteiger partial charge on any atom is -0.462 e. The van der Waals surface area contributed by atoms with Crippen LogP contribution in [0.1, 0.15) is 22.8 Å². The molecule has 1 saturated heterocycles. The van der Waals surface area contributed by atoms with Gasteiger partial charge in [0.1, 0.15) is 0 Å². The van der Waals surface area contributed by atoms with E-state index in [1.54, 1.807) is 6.92 Å². The quantitative estimate of drug-likeness (QED) is 0.641. The SMILES string of the molecule is CCOC(=O)c1ccccc1C1(C(F)(F)F)NN1. The molecule has 0 saturated carbocycles. The molecule has 1 aliphatic rings. The van der Waals surface area contributed by atoms with Crippen molar-refractivity contribution in [2.75, 3.05) is 6.61 Å².